The Morgan fingerprint density at radius 3 is 2.81 bits per heavy atom. The first-order valence-corrected chi connectivity index (χ1v) is 9.84. The maximum absolute atomic E-state index is 13.1. The third kappa shape index (κ3) is 5.35. The summed E-state index contributed by atoms with van der Waals surface area (Å²) in [6.45, 7) is 8.83. The highest BCUT2D eigenvalue weighted by Gasteiger charge is 2.41. The van der Waals surface area contributed by atoms with E-state index in [1.165, 1.54) is 0 Å². The van der Waals surface area contributed by atoms with Crippen molar-refractivity contribution in [3.05, 3.63) is 29.8 Å². The summed E-state index contributed by atoms with van der Waals surface area (Å²) in [5, 5.41) is 6.69. The molecule has 0 aliphatic carbocycles. The second-order valence-electron chi connectivity index (χ2n) is 7.69. The van der Waals surface area contributed by atoms with Gasteiger partial charge in [0.2, 0.25) is 5.91 Å². The van der Waals surface area contributed by atoms with Gasteiger partial charge < -0.3 is 15.4 Å². The Bertz CT molecular complexity index is 613. The van der Waals surface area contributed by atoms with Crippen molar-refractivity contribution >= 4 is 18.3 Å². The molecule has 4 atom stereocenters. The van der Waals surface area contributed by atoms with E-state index in [2.05, 4.69) is 41.4 Å². The first-order valence-electron chi connectivity index (χ1n) is 9.84. The van der Waals surface area contributed by atoms with Crippen LogP contribution >= 0.6 is 12.4 Å². The highest BCUT2D eigenvalue weighted by Crippen LogP contribution is 2.30. The van der Waals surface area contributed by atoms with Crippen LogP contribution in [0.2, 0.25) is 0 Å². The number of para-hydroxylation sites is 1. The predicted octanol–water partition coefficient (Wildman–Crippen LogP) is 2.16. The smallest absolute Gasteiger partial charge is 0.239 e. The van der Waals surface area contributed by atoms with E-state index >= 15 is 0 Å². The molecule has 1 aromatic carbocycles. The molecule has 7 heteroatoms. The van der Waals surface area contributed by atoms with Crippen LogP contribution < -0.4 is 26.2 Å². The molecule has 2 saturated heterocycles. The standard InChI is InChI=1S/C20H32N4O2.ClH/c1-4-26-18-8-6-5-7-14(18)17(11-13(2)3)22-20(25)19-15-12-21-10-9-16(15)23-24-19;/h5-8,13,15-17,19,21,23-24H,4,9-12H2,1-3H3,(H,22,25);1H. The van der Waals surface area contributed by atoms with E-state index in [9.17, 15) is 4.79 Å². The summed E-state index contributed by atoms with van der Waals surface area (Å²) in [7, 11) is 0. The number of hydrogen-bond donors (Lipinski definition) is 4. The molecule has 1 amide bonds. The summed E-state index contributed by atoms with van der Waals surface area (Å²) in [6.07, 6.45) is 1.92. The fraction of sp³-hybridized carbons (Fsp3) is 0.650. The molecule has 4 N–H and O–H groups in total. The largest absolute Gasteiger partial charge is 0.494 e. The lowest BCUT2D eigenvalue weighted by atomic mass is 9.88. The minimum atomic E-state index is -0.207. The molecule has 0 bridgehead atoms. The lowest BCUT2D eigenvalue weighted by Crippen LogP contribution is -2.50. The number of carbonyl (C=O) groups is 1. The molecule has 0 aromatic heterocycles. The molecule has 2 fully saturated rings. The van der Waals surface area contributed by atoms with Gasteiger partial charge in [-0.05, 0) is 38.3 Å². The minimum absolute atomic E-state index is 0. The summed E-state index contributed by atoms with van der Waals surface area (Å²) in [5.74, 6) is 1.67. The fourth-order valence-electron chi connectivity index (χ4n) is 4.03. The van der Waals surface area contributed by atoms with E-state index in [0.29, 0.717) is 18.6 Å². The fourth-order valence-corrected chi connectivity index (χ4v) is 4.03. The first kappa shape index (κ1) is 22.0. The Morgan fingerprint density at radius 1 is 1.30 bits per heavy atom. The molecule has 6 nitrogen and oxygen atoms in total. The van der Waals surface area contributed by atoms with Gasteiger partial charge in [0.05, 0.1) is 12.6 Å². The summed E-state index contributed by atoms with van der Waals surface area (Å²) in [4.78, 5) is 13.1. The minimum Gasteiger partial charge on any atom is -0.494 e. The number of halogens is 1. The molecule has 2 aliphatic heterocycles. The summed E-state index contributed by atoms with van der Waals surface area (Å²) in [6, 6.07) is 8.13. The van der Waals surface area contributed by atoms with Crippen molar-refractivity contribution in [3.63, 3.8) is 0 Å². The van der Waals surface area contributed by atoms with Crippen LogP contribution in [0.1, 0.15) is 45.2 Å². The normalized spacial score (nSPS) is 25.4. The van der Waals surface area contributed by atoms with Gasteiger partial charge >= 0.3 is 0 Å². The second kappa shape index (κ2) is 10.3. The van der Waals surface area contributed by atoms with Crippen molar-refractivity contribution in [2.24, 2.45) is 11.8 Å². The SMILES string of the molecule is CCOc1ccccc1C(CC(C)C)NC(=O)C1NNC2CCNCC21.Cl. The zero-order valence-corrected chi connectivity index (χ0v) is 17.3. The zero-order valence-electron chi connectivity index (χ0n) is 16.5. The summed E-state index contributed by atoms with van der Waals surface area (Å²) < 4.78 is 5.80. The number of hydrogen-bond acceptors (Lipinski definition) is 5. The summed E-state index contributed by atoms with van der Waals surface area (Å²) >= 11 is 0. The number of amides is 1. The highest BCUT2D eigenvalue weighted by molar-refractivity contribution is 5.85. The van der Waals surface area contributed by atoms with Gasteiger partial charge in [-0.25, -0.2) is 5.43 Å². The van der Waals surface area contributed by atoms with E-state index in [0.717, 1.165) is 37.2 Å². The van der Waals surface area contributed by atoms with Gasteiger partial charge in [-0.3, -0.25) is 10.2 Å². The predicted molar refractivity (Wildman–Crippen MR) is 110 cm³/mol. The molecule has 1 aromatic rings. The Labute approximate surface area is 168 Å². The van der Waals surface area contributed by atoms with Crippen LogP contribution in [0, 0.1) is 11.8 Å². The summed E-state index contributed by atoms with van der Waals surface area (Å²) in [5.41, 5.74) is 7.57. The van der Waals surface area contributed by atoms with Crippen molar-refractivity contribution in [2.45, 2.75) is 51.7 Å². The van der Waals surface area contributed by atoms with Crippen molar-refractivity contribution in [2.75, 3.05) is 19.7 Å². The quantitative estimate of drug-likeness (QED) is 0.568. The third-order valence-electron chi connectivity index (χ3n) is 5.28. The average Bonchev–Trinajstić information content (AvgIpc) is 3.06. The highest BCUT2D eigenvalue weighted by atomic mass is 35.5. The van der Waals surface area contributed by atoms with Crippen LogP contribution in [0.3, 0.4) is 0 Å². The Balaban J connectivity index is 0.00000261. The number of fused-ring (bicyclic) bond motifs is 1. The maximum atomic E-state index is 13.1. The molecule has 4 unspecified atom stereocenters. The second-order valence-corrected chi connectivity index (χ2v) is 7.69. The van der Waals surface area contributed by atoms with Crippen molar-refractivity contribution in [3.8, 4) is 5.75 Å². The van der Waals surface area contributed by atoms with Gasteiger partial charge in [0.1, 0.15) is 11.8 Å². The molecule has 3 rings (SSSR count). The van der Waals surface area contributed by atoms with Crippen LogP contribution in [-0.4, -0.2) is 37.7 Å². The number of nitrogens with one attached hydrogen (secondary N) is 4. The van der Waals surface area contributed by atoms with Crippen LogP contribution in [0.25, 0.3) is 0 Å². The van der Waals surface area contributed by atoms with Gasteiger partial charge in [-0.1, -0.05) is 32.0 Å². The molecule has 0 radical (unpaired) electrons. The Morgan fingerprint density at radius 2 is 2.07 bits per heavy atom. The molecular weight excluding hydrogens is 364 g/mol. The van der Waals surface area contributed by atoms with Gasteiger partial charge in [-0.2, -0.15) is 0 Å². The van der Waals surface area contributed by atoms with E-state index in [-0.39, 0.29) is 36.3 Å². The van der Waals surface area contributed by atoms with Gasteiger partial charge in [0.15, 0.2) is 0 Å². The van der Waals surface area contributed by atoms with Crippen molar-refractivity contribution in [1.82, 2.24) is 21.5 Å². The lowest BCUT2D eigenvalue weighted by Gasteiger charge is -2.29. The molecular formula is C20H33ClN4O2. The van der Waals surface area contributed by atoms with Crippen LogP contribution in [0.15, 0.2) is 24.3 Å². The van der Waals surface area contributed by atoms with Crippen molar-refractivity contribution < 1.29 is 9.53 Å². The number of piperidine rings is 1. The molecule has 0 saturated carbocycles. The van der Waals surface area contributed by atoms with E-state index in [1.54, 1.807) is 0 Å². The molecule has 2 heterocycles. The third-order valence-corrected chi connectivity index (χ3v) is 5.28. The van der Waals surface area contributed by atoms with Crippen molar-refractivity contribution in [1.29, 1.82) is 0 Å². The van der Waals surface area contributed by atoms with Gasteiger partial charge in [-0.15, -0.1) is 12.4 Å². The number of hydrazine groups is 1. The van der Waals surface area contributed by atoms with Crippen LogP contribution in [0.4, 0.5) is 0 Å². The molecule has 27 heavy (non-hydrogen) atoms. The zero-order chi connectivity index (χ0) is 18.5. The number of ether oxygens (including phenoxy) is 1. The Hall–Kier alpha value is -1.34. The number of carbonyl (C=O) groups excluding carboxylic acids is 1. The monoisotopic (exact) mass is 396 g/mol. The van der Waals surface area contributed by atoms with Gasteiger partial charge in [0.25, 0.3) is 0 Å². The molecule has 152 valence electrons. The molecule has 2 aliphatic rings. The van der Waals surface area contributed by atoms with E-state index in [4.69, 9.17) is 4.74 Å². The lowest BCUT2D eigenvalue weighted by molar-refractivity contribution is -0.124. The maximum Gasteiger partial charge on any atom is 0.239 e. The average molecular weight is 397 g/mol. The van der Waals surface area contributed by atoms with Crippen LogP contribution in [-0.2, 0) is 4.79 Å². The first-order chi connectivity index (χ1) is 12.6. The number of rotatable bonds is 7. The Kier molecular flexibility index (Phi) is 8.35. The van der Waals surface area contributed by atoms with E-state index in [1.807, 2.05) is 25.1 Å². The van der Waals surface area contributed by atoms with Crippen LogP contribution in [0.5, 0.6) is 5.75 Å². The topological polar surface area (TPSA) is 74.4 Å². The number of benzene rings is 1. The van der Waals surface area contributed by atoms with E-state index < -0.39 is 0 Å². The molecule has 0 spiro atoms. The van der Waals surface area contributed by atoms with Gasteiger partial charge in [0, 0.05) is 24.1 Å².